The largest absolute Gasteiger partial charge is 0.496 e. The maximum absolute atomic E-state index is 12.2. The predicted molar refractivity (Wildman–Crippen MR) is 91.9 cm³/mol. The van der Waals surface area contributed by atoms with Crippen LogP contribution in [0, 0.1) is 13.8 Å². The molecule has 0 radical (unpaired) electrons. The number of ketones is 1. The Bertz CT molecular complexity index is 780. The number of rotatable bonds is 6. The number of hydrogen-bond acceptors (Lipinski definition) is 4. The van der Waals surface area contributed by atoms with Gasteiger partial charge >= 0.3 is 5.97 Å². The Hall–Kier alpha value is -2.27. The van der Waals surface area contributed by atoms with E-state index >= 15 is 0 Å². The van der Waals surface area contributed by atoms with Gasteiger partial charge in [-0.15, -0.1) is 0 Å². The molecule has 0 atom stereocenters. The maximum Gasteiger partial charge on any atom is 0.310 e. The zero-order valence-electron chi connectivity index (χ0n) is 14.2. The molecule has 2 aromatic rings. The summed E-state index contributed by atoms with van der Waals surface area (Å²) in [6.07, 6.45) is -0.0101. The number of aromatic nitrogens is 1. The van der Waals surface area contributed by atoms with E-state index in [2.05, 4.69) is 0 Å². The summed E-state index contributed by atoms with van der Waals surface area (Å²) in [6, 6.07) is 6.81. The van der Waals surface area contributed by atoms with Crippen molar-refractivity contribution in [1.29, 1.82) is 0 Å². The summed E-state index contributed by atoms with van der Waals surface area (Å²) in [4.78, 5) is 24.2. The molecule has 0 N–H and O–H groups in total. The van der Waals surface area contributed by atoms with E-state index in [1.165, 1.54) is 7.11 Å². The molecule has 0 aliphatic heterocycles. The molecule has 0 bridgehead atoms. The van der Waals surface area contributed by atoms with Crippen molar-refractivity contribution in [1.82, 2.24) is 4.57 Å². The number of Topliss-reactive ketones (excluding diaryl/α,β-unsaturated/α-hetero) is 1. The Balaban J connectivity index is 1.99. The molecule has 5 nitrogen and oxygen atoms in total. The molecular formula is C18H20ClNO4. The summed E-state index contributed by atoms with van der Waals surface area (Å²) >= 11 is 5.94. The predicted octanol–water partition coefficient (Wildman–Crippen LogP) is 3.27. The highest BCUT2D eigenvalue weighted by Gasteiger charge is 2.17. The Morgan fingerprint density at radius 2 is 1.92 bits per heavy atom. The summed E-state index contributed by atoms with van der Waals surface area (Å²) < 4.78 is 12.2. The lowest BCUT2D eigenvalue weighted by molar-refractivity contribution is -0.141. The Labute approximate surface area is 146 Å². The molecule has 1 aromatic heterocycles. The van der Waals surface area contributed by atoms with Crippen LogP contribution in [0.2, 0.25) is 5.02 Å². The molecule has 1 heterocycles. The number of carbonyl (C=O) groups is 2. The molecule has 0 aliphatic carbocycles. The summed E-state index contributed by atoms with van der Waals surface area (Å²) in [6.45, 7) is 3.49. The zero-order valence-corrected chi connectivity index (χ0v) is 14.9. The van der Waals surface area contributed by atoms with E-state index in [1.807, 2.05) is 25.5 Å². The number of ether oxygens (including phenoxy) is 2. The van der Waals surface area contributed by atoms with Crippen LogP contribution in [0.15, 0.2) is 24.3 Å². The van der Waals surface area contributed by atoms with Gasteiger partial charge in [-0.3, -0.25) is 9.59 Å². The fourth-order valence-electron chi connectivity index (χ4n) is 2.45. The standard InChI is InChI=1S/C18H20ClNO4/c1-11-7-15(12(2)20(11)3)16(21)10-24-18(22)9-13-8-14(19)5-6-17(13)23-4/h5-8H,9-10H2,1-4H3. The van der Waals surface area contributed by atoms with Crippen molar-refractivity contribution in [2.75, 3.05) is 13.7 Å². The monoisotopic (exact) mass is 349 g/mol. The Morgan fingerprint density at radius 1 is 1.21 bits per heavy atom. The van der Waals surface area contributed by atoms with Crippen LogP contribution in [0.1, 0.15) is 27.3 Å². The first-order valence-corrected chi connectivity index (χ1v) is 7.85. The minimum Gasteiger partial charge on any atom is -0.496 e. The van der Waals surface area contributed by atoms with Gasteiger partial charge in [-0.2, -0.15) is 0 Å². The molecule has 2 rings (SSSR count). The van der Waals surface area contributed by atoms with Crippen LogP contribution >= 0.6 is 11.6 Å². The van der Waals surface area contributed by atoms with E-state index in [-0.39, 0.29) is 18.8 Å². The molecule has 24 heavy (non-hydrogen) atoms. The molecule has 0 fully saturated rings. The van der Waals surface area contributed by atoms with Gasteiger partial charge in [0, 0.05) is 34.6 Å². The van der Waals surface area contributed by atoms with Crippen LogP contribution < -0.4 is 4.74 Å². The smallest absolute Gasteiger partial charge is 0.310 e. The maximum atomic E-state index is 12.2. The number of carbonyl (C=O) groups excluding carboxylic acids is 2. The van der Waals surface area contributed by atoms with Crippen molar-refractivity contribution in [2.24, 2.45) is 7.05 Å². The first-order chi connectivity index (χ1) is 11.3. The third-order valence-corrected chi connectivity index (χ3v) is 4.25. The van der Waals surface area contributed by atoms with Crippen LogP contribution in [0.3, 0.4) is 0 Å². The number of benzene rings is 1. The number of aryl methyl sites for hydroxylation is 1. The molecule has 0 saturated carbocycles. The van der Waals surface area contributed by atoms with Gasteiger partial charge in [0.2, 0.25) is 5.78 Å². The first-order valence-electron chi connectivity index (χ1n) is 7.47. The van der Waals surface area contributed by atoms with E-state index < -0.39 is 5.97 Å². The van der Waals surface area contributed by atoms with E-state index in [0.29, 0.717) is 21.9 Å². The van der Waals surface area contributed by atoms with Crippen molar-refractivity contribution in [2.45, 2.75) is 20.3 Å². The highest BCUT2D eigenvalue weighted by atomic mass is 35.5. The summed E-state index contributed by atoms with van der Waals surface area (Å²) in [5.41, 5.74) is 3.02. The van der Waals surface area contributed by atoms with Gasteiger partial charge in [-0.1, -0.05) is 11.6 Å². The molecule has 0 aliphatic rings. The van der Waals surface area contributed by atoms with Crippen LogP contribution in [-0.4, -0.2) is 30.0 Å². The Morgan fingerprint density at radius 3 is 2.50 bits per heavy atom. The quantitative estimate of drug-likeness (QED) is 0.593. The second-order valence-electron chi connectivity index (χ2n) is 5.56. The van der Waals surface area contributed by atoms with Crippen molar-refractivity contribution < 1.29 is 19.1 Å². The fourth-order valence-corrected chi connectivity index (χ4v) is 2.65. The lowest BCUT2D eigenvalue weighted by atomic mass is 10.1. The van der Waals surface area contributed by atoms with Crippen LogP contribution in [0.25, 0.3) is 0 Å². The minimum atomic E-state index is -0.505. The zero-order chi connectivity index (χ0) is 17.9. The molecular weight excluding hydrogens is 330 g/mol. The average molecular weight is 350 g/mol. The minimum absolute atomic E-state index is 0.0101. The molecule has 1 aromatic carbocycles. The van der Waals surface area contributed by atoms with Crippen LogP contribution in [0.4, 0.5) is 0 Å². The fraction of sp³-hybridized carbons (Fsp3) is 0.333. The van der Waals surface area contributed by atoms with Gasteiger partial charge in [0.15, 0.2) is 6.61 Å². The van der Waals surface area contributed by atoms with Crippen molar-refractivity contribution in [3.63, 3.8) is 0 Å². The molecule has 0 saturated heterocycles. The normalized spacial score (nSPS) is 10.5. The first kappa shape index (κ1) is 18.1. The summed E-state index contributed by atoms with van der Waals surface area (Å²) in [5.74, 6) is -0.172. The van der Waals surface area contributed by atoms with Gasteiger partial charge in [-0.25, -0.2) is 0 Å². The van der Waals surface area contributed by atoms with Crippen molar-refractivity contribution in [3.05, 3.63) is 51.8 Å². The Kier molecular flexibility index (Phi) is 5.67. The van der Waals surface area contributed by atoms with Gasteiger partial charge in [0.25, 0.3) is 0 Å². The van der Waals surface area contributed by atoms with Gasteiger partial charge in [0.05, 0.1) is 13.5 Å². The topological polar surface area (TPSA) is 57.5 Å². The number of nitrogens with zero attached hydrogens (tertiary/aromatic N) is 1. The van der Waals surface area contributed by atoms with E-state index in [0.717, 1.165) is 11.4 Å². The number of halogens is 1. The van der Waals surface area contributed by atoms with Crippen LogP contribution in [-0.2, 0) is 23.0 Å². The van der Waals surface area contributed by atoms with Crippen molar-refractivity contribution in [3.8, 4) is 5.75 Å². The SMILES string of the molecule is COc1ccc(Cl)cc1CC(=O)OCC(=O)c1cc(C)n(C)c1C. The molecule has 128 valence electrons. The third-order valence-electron chi connectivity index (χ3n) is 4.02. The second kappa shape index (κ2) is 7.53. The van der Waals surface area contributed by atoms with Crippen LogP contribution in [0.5, 0.6) is 5.75 Å². The number of esters is 1. The number of methoxy groups -OCH3 is 1. The summed E-state index contributed by atoms with van der Waals surface area (Å²) in [5, 5.41) is 0.505. The van der Waals surface area contributed by atoms with E-state index in [4.69, 9.17) is 21.1 Å². The van der Waals surface area contributed by atoms with Gasteiger partial charge < -0.3 is 14.0 Å². The lowest BCUT2D eigenvalue weighted by Gasteiger charge is -2.09. The van der Waals surface area contributed by atoms with E-state index in [1.54, 1.807) is 24.3 Å². The number of hydrogen-bond donors (Lipinski definition) is 0. The molecule has 0 spiro atoms. The average Bonchev–Trinajstić information content (AvgIpc) is 2.80. The highest BCUT2D eigenvalue weighted by molar-refractivity contribution is 6.30. The highest BCUT2D eigenvalue weighted by Crippen LogP contribution is 2.23. The van der Waals surface area contributed by atoms with E-state index in [9.17, 15) is 9.59 Å². The lowest BCUT2D eigenvalue weighted by Crippen LogP contribution is -2.16. The van der Waals surface area contributed by atoms with Crippen molar-refractivity contribution >= 4 is 23.4 Å². The van der Waals surface area contributed by atoms with Gasteiger partial charge in [-0.05, 0) is 38.1 Å². The molecule has 0 amide bonds. The third kappa shape index (κ3) is 3.97. The van der Waals surface area contributed by atoms with Gasteiger partial charge in [0.1, 0.15) is 5.75 Å². The second-order valence-corrected chi connectivity index (χ2v) is 6.00. The molecule has 0 unspecified atom stereocenters. The summed E-state index contributed by atoms with van der Waals surface area (Å²) in [7, 11) is 3.40. The molecule has 6 heteroatoms.